The van der Waals surface area contributed by atoms with Crippen molar-refractivity contribution in [1.82, 2.24) is 25.2 Å². The van der Waals surface area contributed by atoms with E-state index in [0.29, 0.717) is 32.4 Å². The van der Waals surface area contributed by atoms with Gasteiger partial charge in [0, 0.05) is 54.0 Å². The molecule has 4 aromatic rings. The van der Waals surface area contributed by atoms with Crippen LogP contribution in [0.15, 0.2) is 48.4 Å². The van der Waals surface area contributed by atoms with Crippen LogP contribution < -0.4 is 20.7 Å². The number of nitrogens with zero attached hydrogens (tertiary/aromatic N) is 5. The fourth-order valence-electron chi connectivity index (χ4n) is 9.06. The molecule has 284 valence electrons. The first-order chi connectivity index (χ1) is 25.7. The lowest BCUT2D eigenvalue weighted by atomic mass is 9.93. The molecule has 1 saturated carbocycles. The summed E-state index contributed by atoms with van der Waals surface area (Å²) in [7, 11) is 0. The van der Waals surface area contributed by atoms with Gasteiger partial charge in [-0.2, -0.15) is 23.1 Å². The van der Waals surface area contributed by atoms with Crippen molar-refractivity contribution in [3.8, 4) is 17.1 Å². The summed E-state index contributed by atoms with van der Waals surface area (Å²) in [5.74, 6) is -3.02. The monoisotopic (exact) mass is 771 g/mol. The number of amides is 1. The lowest BCUT2D eigenvalue weighted by molar-refractivity contribution is -0.137. The Morgan fingerprint density at radius 2 is 2.00 bits per heavy atom. The molecule has 9 nitrogen and oxygen atoms in total. The number of nitrogen functional groups attached to an aromatic ring is 1. The minimum Gasteiger partial charge on any atom is -0.461 e. The Morgan fingerprint density at radius 1 is 1.19 bits per heavy atom. The van der Waals surface area contributed by atoms with Crippen LogP contribution in [0.4, 0.5) is 37.8 Å². The molecule has 3 saturated heterocycles. The number of aryl methyl sites for hydroxylation is 1. The number of nitrogens with two attached hydrogens (primary N) is 1. The lowest BCUT2D eigenvalue weighted by Gasteiger charge is -2.32. The molecule has 5 heterocycles. The average molecular weight is 772 g/mol. The van der Waals surface area contributed by atoms with Crippen LogP contribution in [0.25, 0.3) is 28.1 Å². The van der Waals surface area contributed by atoms with E-state index in [-0.39, 0.29) is 70.2 Å². The van der Waals surface area contributed by atoms with Crippen LogP contribution in [-0.4, -0.2) is 75.8 Å². The number of rotatable bonds is 8. The van der Waals surface area contributed by atoms with Crippen molar-refractivity contribution in [3.63, 3.8) is 0 Å². The molecule has 3 N–H and O–H groups in total. The average Bonchev–Trinajstić information content (AvgIpc) is 3.85. The second kappa shape index (κ2) is 13.6. The molecule has 1 aliphatic carbocycles. The summed E-state index contributed by atoms with van der Waals surface area (Å²) < 4.78 is 96.1. The number of benzene rings is 2. The number of anilines is 2. The van der Waals surface area contributed by atoms with Crippen molar-refractivity contribution in [1.29, 1.82) is 0 Å². The maximum atomic E-state index is 17.0. The zero-order valence-corrected chi connectivity index (χ0v) is 29.8. The zero-order valence-electron chi connectivity index (χ0n) is 29.1. The number of carbonyl (C=O) groups is 1. The molecular weight excluding hydrogens is 736 g/mol. The van der Waals surface area contributed by atoms with Crippen LogP contribution in [0, 0.1) is 18.7 Å². The molecule has 8 rings (SSSR count). The normalized spacial score (nSPS) is 25.5. The quantitative estimate of drug-likeness (QED) is 0.108. The molecule has 0 spiro atoms. The van der Waals surface area contributed by atoms with Crippen molar-refractivity contribution in [2.75, 3.05) is 36.9 Å². The minimum atomic E-state index is -4.87. The molecule has 54 heavy (non-hydrogen) atoms. The van der Waals surface area contributed by atoms with Crippen molar-refractivity contribution in [2.45, 2.75) is 69.0 Å². The number of hydrogen-bond donors (Lipinski definition) is 2. The number of fused-ring (bicyclic) bond motifs is 4. The first kappa shape index (κ1) is 36.4. The van der Waals surface area contributed by atoms with Gasteiger partial charge < -0.3 is 20.7 Å². The molecule has 4 fully saturated rings. The van der Waals surface area contributed by atoms with E-state index in [2.05, 4.69) is 15.3 Å². The van der Waals surface area contributed by atoms with E-state index in [0.717, 1.165) is 24.6 Å². The summed E-state index contributed by atoms with van der Waals surface area (Å²) in [6.07, 6.45) is -0.325. The molecule has 2 bridgehead atoms. The van der Waals surface area contributed by atoms with Crippen molar-refractivity contribution < 1.29 is 35.9 Å². The molecule has 2 aromatic carbocycles. The first-order valence-electron chi connectivity index (χ1n) is 17.8. The second-order valence-corrected chi connectivity index (χ2v) is 15.1. The van der Waals surface area contributed by atoms with E-state index < -0.39 is 64.2 Å². The van der Waals surface area contributed by atoms with Crippen molar-refractivity contribution in [2.24, 2.45) is 5.92 Å². The number of piperidine rings is 1. The largest absolute Gasteiger partial charge is 0.461 e. The van der Waals surface area contributed by atoms with Gasteiger partial charge in [-0.1, -0.05) is 17.7 Å². The zero-order chi connectivity index (χ0) is 38.1. The fourth-order valence-corrected chi connectivity index (χ4v) is 9.36. The Balaban J connectivity index is 1.20. The number of nitrogens with one attached hydrogen (secondary N) is 1. The number of carbonyl (C=O) groups excluding carboxylic acids is 1. The highest BCUT2D eigenvalue weighted by Crippen LogP contribution is 2.48. The number of halogens is 7. The first-order valence-corrected chi connectivity index (χ1v) is 18.2. The molecule has 0 radical (unpaired) electrons. The highest BCUT2D eigenvalue weighted by molar-refractivity contribution is 6.34. The molecule has 16 heteroatoms. The predicted molar refractivity (Wildman–Crippen MR) is 192 cm³/mol. The van der Waals surface area contributed by atoms with Crippen molar-refractivity contribution in [3.05, 3.63) is 76.1 Å². The highest BCUT2D eigenvalue weighted by Gasteiger charge is 2.51. The molecular formula is C38H36ClF6N7O2. The number of pyridine rings is 1. The molecule has 4 aliphatic rings. The molecule has 3 aliphatic heterocycles. The summed E-state index contributed by atoms with van der Waals surface area (Å²) in [6, 6.07) is 7.24. The third-order valence-electron chi connectivity index (χ3n) is 11.3. The molecule has 2 aromatic heterocycles. The van der Waals surface area contributed by atoms with Gasteiger partial charge in [-0.3, -0.25) is 14.7 Å². The van der Waals surface area contributed by atoms with E-state index in [9.17, 15) is 22.4 Å². The second-order valence-electron chi connectivity index (χ2n) is 14.7. The fraction of sp³-hybridized carbons (Fsp3) is 0.421. The Kier molecular flexibility index (Phi) is 9.15. The van der Waals surface area contributed by atoms with Gasteiger partial charge in [-0.15, -0.1) is 0 Å². The predicted octanol–water partition coefficient (Wildman–Crippen LogP) is 7.44. The summed E-state index contributed by atoms with van der Waals surface area (Å²) in [5.41, 5.74) is 2.89. The third-order valence-corrected chi connectivity index (χ3v) is 11.6. The van der Waals surface area contributed by atoms with Crippen LogP contribution in [0.3, 0.4) is 0 Å². The van der Waals surface area contributed by atoms with Crippen LogP contribution >= 0.6 is 11.6 Å². The Hall–Kier alpha value is -4.63. The van der Waals surface area contributed by atoms with Gasteiger partial charge in [0.05, 0.1) is 33.9 Å². The highest BCUT2D eigenvalue weighted by atomic mass is 35.5. The minimum absolute atomic E-state index is 0.0136. The Bertz CT molecular complexity index is 2170. The smallest absolute Gasteiger partial charge is 0.417 e. The number of alkyl halides is 4. The van der Waals surface area contributed by atoms with Crippen LogP contribution in [0.5, 0.6) is 6.01 Å². The lowest BCUT2D eigenvalue weighted by Crippen LogP contribution is -2.44. The molecule has 5 atom stereocenters. The van der Waals surface area contributed by atoms with E-state index in [1.54, 1.807) is 18.2 Å². The van der Waals surface area contributed by atoms with Crippen LogP contribution in [-0.2, 0) is 11.0 Å². The van der Waals surface area contributed by atoms with E-state index >= 15 is 8.78 Å². The van der Waals surface area contributed by atoms with Gasteiger partial charge in [0.1, 0.15) is 24.1 Å². The van der Waals surface area contributed by atoms with Gasteiger partial charge >= 0.3 is 12.2 Å². The topological polar surface area (TPSA) is 110 Å². The van der Waals surface area contributed by atoms with Gasteiger partial charge in [-0.25, -0.2) is 13.2 Å². The van der Waals surface area contributed by atoms with Gasteiger partial charge in [0.2, 0.25) is 0 Å². The van der Waals surface area contributed by atoms with Gasteiger partial charge in [-0.05, 0) is 81.0 Å². The number of aromatic nitrogens is 3. The van der Waals surface area contributed by atoms with Gasteiger partial charge in [0.15, 0.2) is 11.6 Å². The maximum absolute atomic E-state index is 17.0. The summed E-state index contributed by atoms with van der Waals surface area (Å²) >= 11 is 6.68. The van der Waals surface area contributed by atoms with E-state index in [1.165, 1.54) is 19.2 Å². The van der Waals surface area contributed by atoms with Gasteiger partial charge in [0.25, 0.3) is 5.91 Å². The molecule has 1 amide bonds. The van der Waals surface area contributed by atoms with E-state index in [4.69, 9.17) is 27.1 Å². The van der Waals surface area contributed by atoms with Crippen LogP contribution in [0.2, 0.25) is 5.02 Å². The number of ether oxygens (including phenoxy) is 1. The maximum Gasteiger partial charge on any atom is 0.417 e. The SMILES string of the molecule is Cc1cc(N)cc(-c2c(Cl)cc3c(N4C[C@H]5CC[C@@H]4[C@@H]5NC(=O)/C(F)=C/c4ccccn4)nc(OC[C@]45CCCN4C[C@H](F)C5)nc3c2F)c1C(F)(F)F. The standard InChI is InChI=1S/C38H36ClF6N7O2/c1-19-11-22(46)12-24(30(19)38(43,44)45)29-26(39)14-25-33(31(29)42)49-36(54-18-37-8-4-10-51(37)17-21(40)15-37)50-34(25)52-16-20-6-7-28(52)32(20)48-35(53)27(41)13-23-5-2-3-9-47-23/h2-3,5,9,11-14,20-21,28,32H,4,6-8,10,15-18,46H2,1H3,(H,48,53)/b27-13-/t20-,21-,28-,32-,37-/m1/s1. The Morgan fingerprint density at radius 3 is 2.76 bits per heavy atom. The molecule has 0 unspecified atom stereocenters. The summed E-state index contributed by atoms with van der Waals surface area (Å²) in [4.78, 5) is 30.1. The Labute approximate surface area is 311 Å². The summed E-state index contributed by atoms with van der Waals surface area (Å²) in [5, 5.41) is 2.59. The van der Waals surface area contributed by atoms with Crippen molar-refractivity contribution >= 4 is 46.0 Å². The van der Waals surface area contributed by atoms with Crippen LogP contribution in [0.1, 0.15) is 48.9 Å². The van der Waals surface area contributed by atoms with E-state index in [1.807, 2.05) is 9.80 Å². The third kappa shape index (κ3) is 6.38. The summed E-state index contributed by atoms with van der Waals surface area (Å²) in [6.45, 7) is 2.55. The number of hydrogen-bond acceptors (Lipinski definition) is 8.